The first-order chi connectivity index (χ1) is 35.0. The molecule has 9 rings (SSSR count). The zero-order valence-electron chi connectivity index (χ0n) is 41.4. The lowest BCUT2D eigenvalue weighted by Crippen LogP contribution is -2.38. The molecule has 3 aromatic heterocycles. The minimum Gasteiger partial charge on any atom is -0.489 e. The van der Waals surface area contributed by atoms with Crippen molar-refractivity contribution in [3.63, 3.8) is 0 Å². The van der Waals surface area contributed by atoms with Gasteiger partial charge in [0.25, 0.3) is 0 Å². The fraction of sp³-hybridized carbons (Fsp3) is 0.346. The van der Waals surface area contributed by atoms with Crippen molar-refractivity contribution in [3.05, 3.63) is 139 Å². The maximum atomic E-state index is 14.0. The van der Waals surface area contributed by atoms with Crippen LogP contribution in [0.5, 0.6) is 11.5 Å². The number of hydrogen-bond donors (Lipinski definition) is 2. The molecule has 21 heteroatoms. The highest BCUT2D eigenvalue weighted by Crippen LogP contribution is 2.41. The van der Waals surface area contributed by atoms with Crippen molar-refractivity contribution < 1.29 is 37.0 Å². The molecule has 0 saturated heterocycles. The Labute approximate surface area is 431 Å². The van der Waals surface area contributed by atoms with E-state index in [0.717, 1.165) is 43.3 Å². The first kappa shape index (κ1) is 50.9. The normalized spacial score (nSPS) is 16.5. The van der Waals surface area contributed by atoms with E-state index in [9.17, 15) is 22.8 Å². The zero-order chi connectivity index (χ0) is 51.7. The van der Waals surface area contributed by atoms with Gasteiger partial charge in [-0.25, -0.2) is 13.1 Å². The highest BCUT2D eigenvalue weighted by molar-refractivity contribution is 7.89. The molecule has 0 saturated carbocycles. The highest BCUT2D eigenvalue weighted by Gasteiger charge is 2.35. The number of sulfonamides is 1. The number of aryl methyl sites for hydroxylation is 4. The van der Waals surface area contributed by atoms with Crippen LogP contribution in [0, 0.1) is 27.7 Å². The largest absolute Gasteiger partial charge is 0.489 e. The second-order valence-corrected chi connectivity index (χ2v) is 21.7. The van der Waals surface area contributed by atoms with E-state index < -0.39 is 45.9 Å². The van der Waals surface area contributed by atoms with Gasteiger partial charge < -0.3 is 24.8 Å². The summed E-state index contributed by atoms with van der Waals surface area (Å²) >= 11 is 7.88. The van der Waals surface area contributed by atoms with Crippen molar-refractivity contribution in [1.29, 1.82) is 0 Å². The number of esters is 1. The predicted octanol–water partition coefficient (Wildman–Crippen LogP) is 7.15. The summed E-state index contributed by atoms with van der Waals surface area (Å²) in [6.07, 6.45) is -0.526. The average molecular weight is 1050 g/mol. The second-order valence-electron chi connectivity index (χ2n) is 18.1. The van der Waals surface area contributed by atoms with Gasteiger partial charge in [-0.05, 0) is 106 Å². The smallest absolute Gasteiger partial charge is 0.306 e. The van der Waals surface area contributed by atoms with Gasteiger partial charge in [0.05, 0.1) is 44.8 Å². The quantitative estimate of drug-likeness (QED) is 0.0730. The van der Waals surface area contributed by atoms with Crippen molar-refractivity contribution in [2.24, 2.45) is 12.0 Å². The number of halogens is 1. The van der Waals surface area contributed by atoms with E-state index >= 15 is 0 Å². The summed E-state index contributed by atoms with van der Waals surface area (Å²) in [4.78, 5) is 46.4. The van der Waals surface area contributed by atoms with Crippen LogP contribution in [0.4, 0.5) is 0 Å². The number of nitrogens with zero attached hydrogens (tertiary/aromatic N) is 8. The molecule has 0 spiro atoms. The standard InChI is InChI=1S/C52H55ClN10O8S2/c1-8-69-47(66)24-39(35-14-13-29(2)37(21-35)28-62-27-30(3)71-42-11-9-10-12-44(42)73(62,67)68)36-22-40-50(61(7)60-58-40)43(23-36)70-20-19-54-46(65)26-55-45(64)25-41-51-59-57-33(6)63(51)52-48(31(4)32(5)72-52)49(56-41)34-15-17-38(53)18-16-34/h9-18,21-23,30,39,41H,8,19-20,24-28H2,1-7H3,(H,54,65)(H,55,64)/t30-,39+,41+/m1/s1. The van der Waals surface area contributed by atoms with Crippen LogP contribution in [-0.2, 0) is 42.7 Å². The number of benzene rings is 4. The Morgan fingerprint density at radius 3 is 2.51 bits per heavy atom. The Morgan fingerprint density at radius 2 is 1.73 bits per heavy atom. The molecular weight excluding hydrogens is 992 g/mol. The molecule has 0 unspecified atom stereocenters. The number of carbonyl (C=O) groups is 3. The van der Waals surface area contributed by atoms with Crippen LogP contribution >= 0.6 is 22.9 Å². The Morgan fingerprint density at radius 1 is 0.945 bits per heavy atom. The molecule has 3 atom stereocenters. The number of thiophene rings is 1. The number of aliphatic imine (C=N–C) groups is 1. The van der Waals surface area contributed by atoms with E-state index in [4.69, 9.17) is 30.8 Å². The molecule has 2 amide bonds. The SMILES string of the molecule is CCOC(=O)C[C@@H](c1ccc(C)c(CN2C[C@@H](C)Oc3ccccc3S2(=O)=O)c1)c1cc(OCCNC(=O)CNC(=O)C[C@@H]2N=C(c3ccc(Cl)cc3)c3c(sc(C)c3C)-n3c(C)nnc32)c2c(c1)nnn2C. The fourth-order valence-electron chi connectivity index (χ4n) is 9.23. The third-order valence-electron chi connectivity index (χ3n) is 13.0. The number of para-hydroxylation sites is 1. The van der Waals surface area contributed by atoms with E-state index in [1.54, 1.807) is 54.3 Å². The number of rotatable bonds is 16. The molecule has 73 heavy (non-hydrogen) atoms. The van der Waals surface area contributed by atoms with Crippen molar-refractivity contribution in [2.75, 3.05) is 32.8 Å². The summed E-state index contributed by atoms with van der Waals surface area (Å²) < 4.78 is 50.8. The molecule has 0 bridgehead atoms. The monoisotopic (exact) mass is 1050 g/mol. The number of hydrogen-bond acceptors (Lipinski definition) is 14. The molecule has 380 valence electrons. The number of fused-ring (bicyclic) bond motifs is 5. The number of ether oxygens (including phenoxy) is 3. The van der Waals surface area contributed by atoms with Gasteiger partial charge in [-0.2, -0.15) is 4.31 Å². The van der Waals surface area contributed by atoms with Gasteiger partial charge in [-0.15, -0.1) is 26.6 Å². The van der Waals surface area contributed by atoms with Crippen LogP contribution in [0.15, 0.2) is 88.8 Å². The first-order valence-corrected chi connectivity index (χ1v) is 26.5. The van der Waals surface area contributed by atoms with E-state index in [1.807, 2.05) is 79.9 Å². The van der Waals surface area contributed by atoms with E-state index in [-0.39, 0.29) is 57.1 Å². The molecule has 0 fully saturated rings. The third kappa shape index (κ3) is 10.6. The summed E-state index contributed by atoms with van der Waals surface area (Å²) in [6, 6.07) is 22.8. The minimum absolute atomic E-state index is 0.0330. The minimum atomic E-state index is -3.92. The van der Waals surface area contributed by atoms with Gasteiger partial charge >= 0.3 is 5.97 Å². The Balaban J connectivity index is 0.887. The third-order valence-corrected chi connectivity index (χ3v) is 16.3. The van der Waals surface area contributed by atoms with Gasteiger partial charge in [-0.3, -0.25) is 23.9 Å². The lowest BCUT2D eigenvalue weighted by atomic mass is 9.86. The molecule has 0 aliphatic carbocycles. The molecule has 2 aliphatic heterocycles. The van der Waals surface area contributed by atoms with Crippen LogP contribution < -0.4 is 20.1 Å². The molecule has 7 aromatic rings. The maximum absolute atomic E-state index is 14.0. The second kappa shape index (κ2) is 21.2. The predicted molar refractivity (Wildman–Crippen MR) is 276 cm³/mol. The Bertz CT molecular complexity index is 3410. The van der Waals surface area contributed by atoms with Crippen molar-refractivity contribution >= 4 is 67.5 Å². The summed E-state index contributed by atoms with van der Waals surface area (Å²) in [7, 11) is -2.18. The van der Waals surface area contributed by atoms with Crippen LogP contribution in [0.25, 0.3) is 16.0 Å². The van der Waals surface area contributed by atoms with Crippen LogP contribution in [-0.4, -0.2) is 105 Å². The van der Waals surface area contributed by atoms with E-state index in [1.165, 1.54) is 4.31 Å². The van der Waals surface area contributed by atoms with Gasteiger partial charge in [0.1, 0.15) is 57.0 Å². The van der Waals surface area contributed by atoms with Crippen LogP contribution in [0.1, 0.15) is 94.1 Å². The van der Waals surface area contributed by atoms with Crippen molar-refractivity contribution in [2.45, 2.75) is 83.9 Å². The highest BCUT2D eigenvalue weighted by atomic mass is 35.5. The summed E-state index contributed by atoms with van der Waals surface area (Å²) in [6.45, 7) is 11.7. The first-order valence-electron chi connectivity index (χ1n) is 23.9. The number of amides is 2. The van der Waals surface area contributed by atoms with Gasteiger partial charge in [0.15, 0.2) is 5.82 Å². The van der Waals surface area contributed by atoms with Crippen LogP contribution in [0.2, 0.25) is 5.02 Å². The van der Waals surface area contributed by atoms with Crippen molar-refractivity contribution in [3.8, 4) is 16.5 Å². The topological polar surface area (TPSA) is 214 Å². The van der Waals surface area contributed by atoms with Gasteiger partial charge in [-0.1, -0.05) is 59.3 Å². The number of carbonyl (C=O) groups excluding carboxylic acids is 3. The molecule has 5 heterocycles. The molecular formula is C52H55ClN10O8S2. The summed E-state index contributed by atoms with van der Waals surface area (Å²) in [5.41, 5.74) is 7.75. The Kier molecular flexibility index (Phi) is 14.8. The van der Waals surface area contributed by atoms with Crippen LogP contribution in [0.3, 0.4) is 0 Å². The average Bonchev–Trinajstić information content (AvgIpc) is 3.98. The van der Waals surface area contributed by atoms with E-state index in [0.29, 0.717) is 50.5 Å². The molecule has 4 aromatic carbocycles. The molecule has 2 aliphatic rings. The molecule has 18 nitrogen and oxygen atoms in total. The zero-order valence-corrected chi connectivity index (χ0v) is 43.8. The van der Waals surface area contributed by atoms with Gasteiger partial charge in [0.2, 0.25) is 21.8 Å². The number of aromatic nitrogens is 6. The molecule has 2 N–H and O–H groups in total. The van der Waals surface area contributed by atoms with Crippen molar-refractivity contribution in [1.82, 2.24) is 44.7 Å². The lowest BCUT2D eigenvalue weighted by molar-refractivity contribution is -0.143. The maximum Gasteiger partial charge on any atom is 0.306 e. The molecule has 0 radical (unpaired) electrons. The Hall–Kier alpha value is -7.00. The summed E-state index contributed by atoms with van der Waals surface area (Å²) in [5.74, 6) is 0.105. The lowest BCUT2D eigenvalue weighted by Gasteiger charge is -2.24. The summed E-state index contributed by atoms with van der Waals surface area (Å²) in [5, 5.41) is 24.5. The van der Waals surface area contributed by atoms with Gasteiger partial charge in [0, 0.05) is 40.5 Å². The number of nitrogens with one attached hydrogen (secondary N) is 2. The fourth-order valence-corrected chi connectivity index (χ4v) is 12.2. The van der Waals surface area contributed by atoms with E-state index in [2.05, 4.69) is 45.0 Å².